The average molecular weight is 435 g/mol. The lowest BCUT2D eigenvalue weighted by Gasteiger charge is -2.16. The van der Waals surface area contributed by atoms with Crippen molar-refractivity contribution in [2.75, 3.05) is 11.9 Å². The highest BCUT2D eigenvalue weighted by molar-refractivity contribution is 5.97. The summed E-state index contributed by atoms with van der Waals surface area (Å²) in [5.74, 6) is 0.253. The van der Waals surface area contributed by atoms with Crippen LogP contribution in [-0.4, -0.2) is 17.6 Å². The zero-order valence-electron chi connectivity index (χ0n) is 18.6. The van der Waals surface area contributed by atoms with E-state index < -0.39 is 0 Å². The normalized spacial score (nSPS) is 12.9. The van der Waals surface area contributed by atoms with Gasteiger partial charge in [-0.05, 0) is 55.0 Å². The van der Waals surface area contributed by atoms with Gasteiger partial charge in [0.05, 0.1) is 35.4 Å². The zero-order chi connectivity index (χ0) is 22.6. The highest BCUT2D eigenvalue weighted by Gasteiger charge is 2.25. The Kier molecular flexibility index (Phi) is 5.90. The first-order valence-corrected chi connectivity index (χ1v) is 11.4. The quantitative estimate of drug-likeness (QED) is 0.312. The van der Waals surface area contributed by atoms with Crippen molar-refractivity contribution in [3.63, 3.8) is 0 Å². The van der Waals surface area contributed by atoms with E-state index in [0.717, 1.165) is 33.8 Å². The van der Waals surface area contributed by atoms with Gasteiger partial charge >= 0.3 is 5.97 Å². The van der Waals surface area contributed by atoms with E-state index in [1.165, 1.54) is 18.4 Å². The average Bonchev–Trinajstić information content (AvgIpc) is 3.71. The minimum atomic E-state index is -0.306. The third kappa shape index (κ3) is 4.65. The second-order valence-corrected chi connectivity index (χ2v) is 8.28. The van der Waals surface area contributed by atoms with E-state index >= 15 is 0 Å². The summed E-state index contributed by atoms with van der Waals surface area (Å²) in [6.07, 6.45) is 4.18. The standard InChI is InChI=1S/C29H26N2O2/c1-2-33-29(32)26-17-23(20-13-14-20)15-16-27(26)31-24-18-25(21-9-5-3-6-10-21)28(30-19-24)22-11-7-4-8-12-22/h3-12,15-20,31H,2,13-14H2,1H3. The molecule has 1 aliphatic rings. The highest BCUT2D eigenvalue weighted by Crippen LogP contribution is 2.41. The first-order chi connectivity index (χ1) is 16.2. The van der Waals surface area contributed by atoms with Crippen molar-refractivity contribution in [3.8, 4) is 22.4 Å². The van der Waals surface area contributed by atoms with Crippen molar-refractivity contribution in [1.29, 1.82) is 0 Å². The lowest BCUT2D eigenvalue weighted by molar-refractivity contribution is 0.0527. The van der Waals surface area contributed by atoms with Gasteiger partial charge in [0.2, 0.25) is 0 Å². The molecule has 0 aliphatic heterocycles. The Hall–Kier alpha value is -3.92. The minimum absolute atomic E-state index is 0.306. The number of nitrogens with one attached hydrogen (secondary N) is 1. The van der Waals surface area contributed by atoms with E-state index in [1.807, 2.05) is 61.7 Å². The topological polar surface area (TPSA) is 51.2 Å². The van der Waals surface area contributed by atoms with Crippen LogP contribution in [0.4, 0.5) is 11.4 Å². The first kappa shape index (κ1) is 21.0. The van der Waals surface area contributed by atoms with Gasteiger partial charge in [0.15, 0.2) is 0 Å². The lowest BCUT2D eigenvalue weighted by Crippen LogP contribution is -2.09. The van der Waals surface area contributed by atoms with E-state index in [0.29, 0.717) is 18.1 Å². The summed E-state index contributed by atoms with van der Waals surface area (Å²) in [7, 11) is 0. The van der Waals surface area contributed by atoms with E-state index in [4.69, 9.17) is 9.72 Å². The molecule has 1 saturated carbocycles. The van der Waals surface area contributed by atoms with Crippen LogP contribution in [0.15, 0.2) is 91.1 Å². The predicted octanol–water partition coefficient (Wildman–Crippen LogP) is 7.21. The Morgan fingerprint density at radius 2 is 1.64 bits per heavy atom. The number of ether oxygens (including phenoxy) is 1. The van der Waals surface area contributed by atoms with Gasteiger partial charge in [0.1, 0.15) is 0 Å². The lowest BCUT2D eigenvalue weighted by atomic mass is 9.99. The van der Waals surface area contributed by atoms with Crippen LogP contribution in [0.25, 0.3) is 22.4 Å². The number of nitrogens with zero attached hydrogens (tertiary/aromatic N) is 1. The molecule has 1 aromatic heterocycles. The fourth-order valence-electron chi connectivity index (χ4n) is 4.07. The summed E-state index contributed by atoms with van der Waals surface area (Å²) >= 11 is 0. The van der Waals surface area contributed by atoms with Crippen LogP contribution in [0.2, 0.25) is 0 Å². The number of esters is 1. The predicted molar refractivity (Wildman–Crippen MR) is 133 cm³/mol. The maximum atomic E-state index is 12.7. The second kappa shape index (κ2) is 9.29. The molecule has 1 aliphatic carbocycles. The van der Waals surface area contributed by atoms with Crippen LogP contribution < -0.4 is 5.32 Å². The molecule has 0 amide bonds. The van der Waals surface area contributed by atoms with Crippen LogP contribution in [0.1, 0.15) is 41.6 Å². The molecule has 1 N–H and O–H groups in total. The molecule has 4 nitrogen and oxygen atoms in total. The molecule has 4 heteroatoms. The number of pyridine rings is 1. The Morgan fingerprint density at radius 3 is 2.30 bits per heavy atom. The van der Waals surface area contributed by atoms with Gasteiger partial charge in [-0.3, -0.25) is 4.98 Å². The van der Waals surface area contributed by atoms with E-state index in [-0.39, 0.29) is 5.97 Å². The molecule has 164 valence electrons. The summed E-state index contributed by atoms with van der Waals surface area (Å²) in [5, 5.41) is 3.42. The number of aromatic nitrogens is 1. The Bertz CT molecular complexity index is 1270. The van der Waals surface area contributed by atoms with Crippen molar-refractivity contribution in [2.45, 2.75) is 25.7 Å². The summed E-state index contributed by atoms with van der Waals surface area (Å²) in [6.45, 7) is 2.17. The summed E-state index contributed by atoms with van der Waals surface area (Å²) in [5.41, 5.74) is 7.40. The van der Waals surface area contributed by atoms with Crippen LogP contribution in [-0.2, 0) is 4.74 Å². The molecule has 0 bridgehead atoms. The third-order valence-electron chi connectivity index (χ3n) is 5.89. The van der Waals surface area contributed by atoms with Crippen LogP contribution in [0.5, 0.6) is 0 Å². The van der Waals surface area contributed by atoms with Crippen LogP contribution >= 0.6 is 0 Å². The zero-order valence-corrected chi connectivity index (χ0v) is 18.6. The van der Waals surface area contributed by atoms with E-state index in [2.05, 4.69) is 41.7 Å². The molecule has 0 unspecified atom stereocenters. The van der Waals surface area contributed by atoms with Gasteiger partial charge in [0.25, 0.3) is 0 Å². The Morgan fingerprint density at radius 1 is 0.939 bits per heavy atom. The molecule has 0 spiro atoms. The van der Waals surface area contributed by atoms with Crippen molar-refractivity contribution < 1.29 is 9.53 Å². The number of benzene rings is 3. The highest BCUT2D eigenvalue weighted by atomic mass is 16.5. The van der Waals surface area contributed by atoms with E-state index in [9.17, 15) is 4.79 Å². The summed E-state index contributed by atoms with van der Waals surface area (Å²) < 4.78 is 5.34. The Balaban J connectivity index is 1.55. The van der Waals surface area contributed by atoms with Gasteiger partial charge in [0, 0.05) is 11.1 Å². The molecule has 33 heavy (non-hydrogen) atoms. The van der Waals surface area contributed by atoms with Crippen LogP contribution in [0.3, 0.4) is 0 Å². The number of hydrogen-bond acceptors (Lipinski definition) is 4. The fraction of sp³-hybridized carbons (Fsp3) is 0.172. The first-order valence-electron chi connectivity index (χ1n) is 11.4. The largest absolute Gasteiger partial charge is 0.462 e. The van der Waals surface area contributed by atoms with Crippen molar-refractivity contribution >= 4 is 17.3 Å². The smallest absolute Gasteiger partial charge is 0.340 e. The van der Waals surface area contributed by atoms with Crippen molar-refractivity contribution in [3.05, 3.63) is 102 Å². The molecule has 3 aromatic carbocycles. The number of hydrogen-bond donors (Lipinski definition) is 1. The van der Waals surface area contributed by atoms with Gasteiger partial charge in [-0.25, -0.2) is 4.79 Å². The van der Waals surface area contributed by atoms with Crippen molar-refractivity contribution in [2.24, 2.45) is 0 Å². The summed E-state index contributed by atoms with van der Waals surface area (Å²) in [4.78, 5) is 17.5. The molecular formula is C29H26N2O2. The molecule has 1 fully saturated rings. The number of carbonyl (C=O) groups excluding carboxylic acids is 1. The molecule has 5 rings (SSSR count). The minimum Gasteiger partial charge on any atom is -0.462 e. The SMILES string of the molecule is CCOC(=O)c1cc(C2CC2)ccc1Nc1cnc(-c2ccccc2)c(-c2ccccc2)c1. The maximum Gasteiger partial charge on any atom is 0.340 e. The van der Waals surface area contributed by atoms with Crippen LogP contribution in [0, 0.1) is 0 Å². The molecule has 1 heterocycles. The molecule has 4 aromatic rings. The van der Waals surface area contributed by atoms with Crippen molar-refractivity contribution in [1.82, 2.24) is 4.98 Å². The van der Waals surface area contributed by atoms with Gasteiger partial charge < -0.3 is 10.1 Å². The second-order valence-electron chi connectivity index (χ2n) is 8.28. The molecule has 0 saturated heterocycles. The molecule has 0 atom stereocenters. The number of carbonyl (C=O) groups is 1. The summed E-state index contributed by atoms with van der Waals surface area (Å²) in [6, 6.07) is 28.6. The van der Waals surface area contributed by atoms with Gasteiger partial charge in [-0.1, -0.05) is 66.7 Å². The number of anilines is 2. The monoisotopic (exact) mass is 434 g/mol. The van der Waals surface area contributed by atoms with E-state index in [1.54, 1.807) is 0 Å². The van der Waals surface area contributed by atoms with Gasteiger partial charge in [-0.2, -0.15) is 0 Å². The maximum absolute atomic E-state index is 12.7. The Labute approximate surface area is 194 Å². The fourth-order valence-corrected chi connectivity index (χ4v) is 4.07. The van der Waals surface area contributed by atoms with Gasteiger partial charge in [-0.15, -0.1) is 0 Å². The molecule has 0 radical (unpaired) electrons. The molecular weight excluding hydrogens is 408 g/mol. The number of rotatable bonds is 7. The third-order valence-corrected chi connectivity index (χ3v) is 5.89.